The van der Waals surface area contributed by atoms with Crippen molar-refractivity contribution >= 4 is 11.7 Å². The van der Waals surface area contributed by atoms with Gasteiger partial charge in [-0.1, -0.05) is 19.0 Å². The van der Waals surface area contributed by atoms with Gasteiger partial charge in [-0.25, -0.2) is 0 Å². The predicted octanol–water partition coefficient (Wildman–Crippen LogP) is 2.15. The van der Waals surface area contributed by atoms with Crippen LogP contribution in [0.3, 0.4) is 0 Å². The maximum absolute atomic E-state index is 11.4. The SMILES string of the molecule is COC(=O)CC(C)(C)Cc1nc(-c2ncc(N)cc2C)no1. The molecule has 0 radical (unpaired) electrons. The fourth-order valence-electron chi connectivity index (χ4n) is 2.19. The second kappa shape index (κ2) is 6.13. The third kappa shape index (κ3) is 3.81. The van der Waals surface area contributed by atoms with Crippen molar-refractivity contribution in [3.8, 4) is 11.5 Å². The van der Waals surface area contributed by atoms with E-state index in [1.807, 2.05) is 20.8 Å². The van der Waals surface area contributed by atoms with Crippen molar-refractivity contribution in [2.24, 2.45) is 5.41 Å². The summed E-state index contributed by atoms with van der Waals surface area (Å²) in [5.41, 5.74) is 7.45. The standard InChI is InChI=1S/C15H20N4O3/c1-9-5-10(16)8-17-13(9)14-18-11(22-19-14)6-15(2,3)7-12(20)21-4/h5,8H,6-7,16H2,1-4H3. The summed E-state index contributed by atoms with van der Waals surface area (Å²) in [5, 5.41) is 3.95. The van der Waals surface area contributed by atoms with E-state index in [1.165, 1.54) is 7.11 Å². The number of nitrogen functional groups attached to an aromatic ring is 1. The molecule has 2 heterocycles. The number of carbonyl (C=O) groups is 1. The first-order valence-electron chi connectivity index (χ1n) is 6.92. The minimum atomic E-state index is -0.333. The van der Waals surface area contributed by atoms with Gasteiger partial charge in [0.05, 0.1) is 25.4 Å². The highest BCUT2D eigenvalue weighted by molar-refractivity contribution is 5.70. The fraction of sp³-hybridized carbons (Fsp3) is 0.467. The van der Waals surface area contributed by atoms with Gasteiger partial charge in [-0.2, -0.15) is 4.98 Å². The Kier molecular flexibility index (Phi) is 4.44. The van der Waals surface area contributed by atoms with Crippen molar-refractivity contribution in [1.29, 1.82) is 0 Å². The number of nitrogens with zero attached hydrogens (tertiary/aromatic N) is 3. The minimum Gasteiger partial charge on any atom is -0.469 e. The molecule has 2 N–H and O–H groups in total. The van der Waals surface area contributed by atoms with E-state index < -0.39 is 0 Å². The summed E-state index contributed by atoms with van der Waals surface area (Å²) in [5.74, 6) is 0.615. The molecule has 2 rings (SSSR count). The van der Waals surface area contributed by atoms with Gasteiger partial charge in [0.25, 0.3) is 0 Å². The highest BCUT2D eigenvalue weighted by Gasteiger charge is 2.26. The molecule has 0 saturated heterocycles. The number of carbonyl (C=O) groups excluding carboxylic acids is 1. The molecule has 0 aromatic carbocycles. The average Bonchev–Trinajstić information content (AvgIpc) is 2.85. The first-order chi connectivity index (χ1) is 10.3. The van der Waals surface area contributed by atoms with Crippen molar-refractivity contribution in [3.63, 3.8) is 0 Å². The van der Waals surface area contributed by atoms with Crippen molar-refractivity contribution in [3.05, 3.63) is 23.7 Å². The number of aromatic nitrogens is 3. The van der Waals surface area contributed by atoms with Crippen molar-refractivity contribution in [1.82, 2.24) is 15.1 Å². The number of pyridine rings is 1. The molecule has 0 aliphatic rings. The zero-order valence-corrected chi connectivity index (χ0v) is 13.2. The summed E-state index contributed by atoms with van der Waals surface area (Å²) in [6.45, 7) is 5.77. The Labute approximate surface area is 128 Å². The highest BCUT2D eigenvalue weighted by Crippen LogP contribution is 2.27. The van der Waals surface area contributed by atoms with Crippen LogP contribution in [0.25, 0.3) is 11.5 Å². The molecular weight excluding hydrogens is 284 g/mol. The van der Waals surface area contributed by atoms with Crippen LogP contribution in [0.5, 0.6) is 0 Å². The smallest absolute Gasteiger partial charge is 0.306 e. The zero-order valence-electron chi connectivity index (χ0n) is 13.2. The predicted molar refractivity (Wildman–Crippen MR) is 80.8 cm³/mol. The normalized spacial score (nSPS) is 11.5. The first-order valence-corrected chi connectivity index (χ1v) is 6.92. The molecule has 0 spiro atoms. The molecule has 118 valence electrons. The lowest BCUT2D eigenvalue weighted by molar-refractivity contribution is -0.142. The van der Waals surface area contributed by atoms with Gasteiger partial charge in [0.2, 0.25) is 11.7 Å². The number of hydrogen-bond donors (Lipinski definition) is 1. The topological polar surface area (TPSA) is 104 Å². The van der Waals surface area contributed by atoms with Gasteiger partial charge in [-0.05, 0) is 24.0 Å². The first kappa shape index (κ1) is 15.9. The van der Waals surface area contributed by atoms with E-state index in [1.54, 1.807) is 12.3 Å². The lowest BCUT2D eigenvalue weighted by Crippen LogP contribution is -2.20. The average molecular weight is 304 g/mol. The largest absolute Gasteiger partial charge is 0.469 e. The summed E-state index contributed by atoms with van der Waals surface area (Å²) >= 11 is 0. The van der Waals surface area contributed by atoms with Crippen LogP contribution < -0.4 is 5.73 Å². The number of nitrogens with two attached hydrogens (primary N) is 1. The summed E-state index contributed by atoms with van der Waals surface area (Å²) in [6, 6.07) is 1.81. The highest BCUT2D eigenvalue weighted by atomic mass is 16.5. The van der Waals surface area contributed by atoms with E-state index in [4.69, 9.17) is 15.0 Å². The van der Waals surface area contributed by atoms with E-state index in [0.29, 0.717) is 29.5 Å². The molecule has 7 nitrogen and oxygen atoms in total. The molecule has 0 atom stereocenters. The number of hydrogen-bond acceptors (Lipinski definition) is 7. The Morgan fingerprint density at radius 1 is 1.45 bits per heavy atom. The quantitative estimate of drug-likeness (QED) is 0.844. The molecule has 0 bridgehead atoms. The molecule has 22 heavy (non-hydrogen) atoms. The van der Waals surface area contributed by atoms with Gasteiger partial charge >= 0.3 is 5.97 Å². The zero-order chi connectivity index (χ0) is 16.3. The van der Waals surface area contributed by atoms with Gasteiger partial charge in [0.1, 0.15) is 5.69 Å². The van der Waals surface area contributed by atoms with Gasteiger partial charge in [-0.15, -0.1) is 0 Å². The lowest BCUT2D eigenvalue weighted by Gasteiger charge is -2.20. The van der Waals surface area contributed by atoms with E-state index in [9.17, 15) is 4.79 Å². The number of esters is 1. The monoisotopic (exact) mass is 304 g/mol. The molecule has 0 aliphatic carbocycles. The summed E-state index contributed by atoms with van der Waals surface area (Å²) in [7, 11) is 1.37. The number of methoxy groups -OCH3 is 1. The Morgan fingerprint density at radius 2 is 2.18 bits per heavy atom. The van der Waals surface area contributed by atoms with E-state index in [2.05, 4.69) is 15.1 Å². The molecule has 7 heteroatoms. The van der Waals surface area contributed by atoms with Gasteiger partial charge < -0.3 is 15.0 Å². The van der Waals surface area contributed by atoms with Gasteiger partial charge in [0, 0.05) is 6.42 Å². The van der Waals surface area contributed by atoms with E-state index in [-0.39, 0.29) is 17.8 Å². The van der Waals surface area contributed by atoms with E-state index in [0.717, 1.165) is 5.56 Å². The van der Waals surface area contributed by atoms with Gasteiger partial charge in [0.15, 0.2) is 0 Å². The van der Waals surface area contributed by atoms with E-state index >= 15 is 0 Å². The Hall–Kier alpha value is -2.44. The molecule has 2 aromatic rings. The maximum Gasteiger partial charge on any atom is 0.306 e. The second-order valence-corrected chi connectivity index (χ2v) is 6.04. The van der Waals surface area contributed by atoms with Crippen LogP contribution in [-0.2, 0) is 16.0 Å². The molecule has 0 amide bonds. The van der Waals surface area contributed by atoms with Crippen LogP contribution in [0.2, 0.25) is 0 Å². The number of aryl methyl sites for hydroxylation is 1. The number of anilines is 1. The van der Waals surface area contributed by atoms with Crippen LogP contribution in [0.4, 0.5) is 5.69 Å². The summed E-state index contributed by atoms with van der Waals surface area (Å²) < 4.78 is 9.97. The maximum atomic E-state index is 11.4. The van der Waals surface area contributed by atoms with Crippen molar-refractivity contribution in [2.45, 2.75) is 33.6 Å². The molecule has 2 aromatic heterocycles. The third-order valence-corrected chi connectivity index (χ3v) is 3.26. The Bertz CT molecular complexity index is 679. The van der Waals surface area contributed by atoms with Gasteiger partial charge in [-0.3, -0.25) is 9.78 Å². The molecular formula is C15H20N4O3. The number of ether oxygens (including phenoxy) is 1. The molecule has 0 saturated carbocycles. The molecule has 0 unspecified atom stereocenters. The molecule has 0 fully saturated rings. The number of rotatable bonds is 5. The second-order valence-electron chi connectivity index (χ2n) is 6.04. The van der Waals surface area contributed by atoms with Crippen molar-refractivity contribution in [2.75, 3.05) is 12.8 Å². The summed E-state index contributed by atoms with van der Waals surface area (Å²) in [6.07, 6.45) is 2.31. The lowest BCUT2D eigenvalue weighted by atomic mass is 9.86. The fourth-order valence-corrected chi connectivity index (χ4v) is 2.19. The van der Waals surface area contributed by atoms with Crippen LogP contribution in [0.15, 0.2) is 16.8 Å². The van der Waals surface area contributed by atoms with Crippen molar-refractivity contribution < 1.29 is 14.1 Å². The Balaban J connectivity index is 2.16. The summed E-state index contributed by atoms with van der Waals surface area (Å²) in [4.78, 5) is 20.0. The van der Waals surface area contributed by atoms with Crippen LogP contribution in [-0.4, -0.2) is 28.2 Å². The van der Waals surface area contributed by atoms with Crippen LogP contribution >= 0.6 is 0 Å². The van der Waals surface area contributed by atoms with Crippen LogP contribution in [0.1, 0.15) is 31.7 Å². The minimum absolute atomic E-state index is 0.263. The Morgan fingerprint density at radius 3 is 2.82 bits per heavy atom. The van der Waals surface area contributed by atoms with Crippen LogP contribution in [0, 0.1) is 12.3 Å². The molecule has 0 aliphatic heterocycles. The third-order valence-electron chi connectivity index (χ3n) is 3.26.